The zero-order chi connectivity index (χ0) is 26.1. The van der Waals surface area contributed by atoms with Gasteiger partial charge in [-0.3, -0.25) is 9.69 Å². The smallest absolute Gasteiger partial charge is 0.259 e. The molecule has 1 saturated carbocycles. The fourth-order valence-corrected chi connectivity index (χ4v) is 5.44. The molecule has 3 aromatic rings. The highest BCUT2D eigenvalue weighted by Gasteiger charge is 2.34. The fourth-order valence-electron chi connectivity index (χ4n) is 5.44. The second-order valence-corrected chi connectivity index (χ2v) is 9.58. The van der Waals surface area contributed by atoms with E-state index < -0.39 is 23.1 Å². The molecule has 1 aromatic carbocycles. The molecule has 3 N–H and O–H groups in total. The number of halogens is 2. The van der Waals surface area contributed by atoms with Crippen molar-refractivity contribution in [2.24, 2.45) is 0 Å². The van der Waals surface area contributed by atoms with E-state index in [2.05, 4.69) is 19.9 Å². The van der Waals surface area contributed by atoms with Crippen molar-refractivity contribution in [1.82, 2.24) is 24.8 Å². The molecule has 194 valence electrons. The molecule has 2 unspecified atom stereocenters. The van der Waals surface area contributed by atoms with Crippen LogP contribution in [0.4, 0.5) is 14.6 Å². The van der Waals surface area contributed by atoms with Crippen molar-refractivity contribution in [3.05, 3.63) is 59.7 Å². The van der Waals surface area contributed by atoms with Gasteiger partial charge in [0, 0.05) is 55.1 Å². The molecule has 1 saturated heterocycles. The number of hydrogen-bond acceptors (Lipinski definition) is 7. The van der Waals surface area contributed by atoms with Crippen LogP contribution in [0.25, 0.3) is 22.4 Å². The van der Waals surface area contributed by atoms with Gasteiger partial charge in [0.15, 0.2) is 0 Å². The van der Waals surface area contributed by atoms with E-state index in [0.717, 1.165) is 31.4 Å². The average Bonchev–Trinajstić information content (AvgIpc) is 3.34. The number of aromatic nitrogens is 3. The zero-order valence-corrected chi connectivity index (χ0v) is 20.7. The largest absolute Gasteiger partial charge is 0.391 e. The van der Waals surface area contributed by atoms with Crippen LogP contribution in [-0.2, 0) is 6.42 Å². The number of nitrogens with zero attached hydrogens (tertiary/aromatic N) is 5. The summed E-state index contributed by atoms with van der Waals surface area (Å²) in [6, 6.07) is 5.80. The summed E-state index contributed by atoms with van der Waals surface area (Å²) < 4.78 is 30.7. The third kappa shape index (κ3) is 4.91. The van der Waals surface area contributed by atoms with E-state index in [9.17, 15) is 9.90 Å². The summed E-state index contributed by atoms with van der Waals surface area (Å²) >= 11 is 0. The molecule has 1 amide bonds. The molecule has 2 atom stereocenters. The first kappa shape index (κ1) is 25.2. The molecule has 10 heteroatoms. The SMILES string of the molecule is CCc1ncnc(-c2cc(F)c(C(=O)N3CCN(C4CCCC4O)CC3)c(F)c2)c1-c1ccc(N)nc1. The normalized spacial score (nSPS) is 20.4. The van der Waals surface area contributed by atoms with Crippen LogP contribution < -0.4 is 5.73 Å². The number of piperazine rings is 1. The van der Waals surface area contributed by atoms with E-state index in [-0.39, 0.29) is 17.7 Å². The lowest BCUT2D eigenvalue weighted by Crippen LogP contribution is -2.53. The maximum absolute atomic E-state index is 15.3. The first-order valence-corrected chi connectivity index (χ1v) is 12.6. The quantitative estimate of drug-likeness (QED) is 0.544. The predicted molar refractivity (Wildman–Crippen MR) is 136 cm³/mol. The number of pyridine rings is 1. The van der Waals surface area contributed by atoms with Gasteiger partial charge in [-0.15, -0.1) is 0 Å². The average molecular weight is 509 g/mol. The number of anilines is 1. The Morgan fingerprint density at radius 2 is 1.78 bits per heavy atom. The summed E-state index contributed by atoms with van der Waals surface area (Å²) in [5.74, 6) is -2.20. The van der Waals surface area contributed by atoms with Gasteiger partial charge in [0.25, 0.3) is 5.91 Å². The monoisotopic (exact) mass is 508 g/mol. The number of carbonyl (C=O) groups is 1. The standard InChI is InChI=1S/C27H30F2N6O2/c1-2-20-24(16-6-7-23(30)31-14-16)26(33-15-32-20)17-12-18(28)25(19(29)13-17)27(37)35-10-8-34(9-11-35)21-4-3-5-22(21)36/h6-7,12-15,21-22,36H,2-5,8-11H2,1H3,(H2,30,31). The lowest BCUT2D eigenvalue weighted by molar-refractivity contribution is 0.0311. The number of aliphatic hydroxyl groups is 1. The van der Waals surface area contributed by atoms with Gasteiger partial charge in [-0.1, -0.05) is 6.92 Å². The molecule has 5 rings (SSSR count). The van der Waals surface area contributed by atoms with Crippen LogP contribution in [0.3, 0.4) is 0 Å². The molecule has 0 bridgehead atoms. The molecule has 3 heterocycles. The van der Waals surface area contributed by atoms with Crippen molar-refractivity contribution in [2.75, 3.05) is 31.9 Å². The number of carbonyl (C=O) groups excluding carboxylic acids is 1. The Morgan fingerprint density at radius 3 is 2.38 bits per heavy atom. The Balaban J connectivity index is 1.42. The second-order valence-electron chi connectivity index (χ2n) is 9.58. The molecule has 8 nitrogen and oxygen atoms in total. The van der Waals surface area contributed by atoms with Gasteiger partial charge < -0.3 is 15.7 Å². The summed E-state index contributed by atoms with van der Waals surface area (Å²) in [7, 11) is 0. The fraction of sp³-hybridized carbons (Fsp3) is 0.407. The molecule has 37 heavy (non-hydrogen) atoms. The Hall–Kier alpha value is -3.50. The van der Waals surface area contributed by atoms with Crippen molar-refractivity contribution < 1.29 is 18.7 Å². The van der Waals surface area contributed by atoms with Crippen LogP contribution in [0.15, 0.2) is 36.8 Å². The Morgan fingerprint density at radius 1 is 1.05 bits per heavy atom. The number of benzene rings is 1. The van der Waals surface area contributed by atoms with Crippen molar-refractivity contribution >= 4 is 11.7 Å². The summed E-state index contributed by atoms with van der Waals surface area (Å²) in [5, 5.41) is 10.2. The predicted octanol–water partition coefficient (Wildman–Crippen LogP) is 3.30. The minimum atomic E-state index is -0.938. The summed E-state index contributed by atoms with van der Waals surface area (Å²) in [4.78, 5) is 29.6. The molecule has 2 fully saturated rings. The number of rotatable bonds is 5. The van der Waals surface area contributed by atoms with Crippen molar-refractivity contribution in [2.45, 2.75) is 44.8 Å². The number of hydrogen-bond donors (Lipinski definition) is 2. The molecular weight excluding hydrogens is 478 g/mol. The van der Waals surface area contributed by atoms with Crippen molar-refractivity contribution in [1.29, 1.82) is 0 Å². The Bertz CT molecular complexity index is 1270. The Kier molecular flexibility index (Phi) is 7.12. The van der Waals surface area contributed by atoms with Crippen molar-refractivity contribution in [3.63, 3.8) is 0 Å². The molecule has 2 aromatic heterocycles. The second kappa shape index (κ2) is 10.5. The molecule has 0 radical (unpaired) electrons. The van der Waals surface area contributed by atoms with E-state index in [1.807, 2.05) is 6.92 Å². The number of nitrogen functional groups attached to an aromatic ring is 1. The van der Waals surface area contributed by atoms with Crippen LogP contribution in [0.5, 0.6) is 0 Å². The first-order chi connectivity index (χ1) is 17.9. The van der Waals surface area contributed by atoms with Gasteiger partial charge in [0.1, 0.15) is 29.3 Å². The van der Waals surface area contributed by atoms with Crippen LogP contribution in [-0.4, -0.2) is 74.1 Å². The van der Waals surface area contributed by atoms with Crippen molar-refractivity contribution in [3.8, 4) is 22.4 Å². The summed E-state index contributed by atoms with van der Waals surface area (Å²) in [6.45, 7) is 3.75. The van der Waals surface area contributed by atoms with Gasteiger partial charge in [-0.2, -0.15) is 0 Å². The maximum Gasteiger partial charge on any atom is 0.259 e. The minimum Gasteiger partial charge on any atom is -0.391 e. The molecule has 2 aliphatic rings. The van der Waals surface area contributed by atoms with Gasteiger partial charge in [0.2, 0.25) is 0 Å². The number of aliphatic hydroxyl groups excluding tert-OH is 1. The maximum atomic E-state index is 15.3. The first-order valence-electron chi connectivity index (χ1n) is 12.6. The number of nitrogens with two attached hydrogens (primary N) is 1. The third-order valence-electron chi connectivity index (χ3n) is 7.38. The highest BCUT2D eigenvalue weighted by molar-refractivity contribution is 5.96. The van der Waals surface area contributed by atoms with Gasteiger partial charge >= 0.3 is 0 Å². The minimum absolute atomic E-state index is 0.0938. The van der Waals surface area contributed by atoms with E-state index in [4.69, 9.17) is 5.73 Å². The Labute approximate surface area is 214 Å². The molecule has 0 spiro atoms. The van der Waals surface area contributed by atoms with E-state index in [1.54, 1.807) is 18.3 Å². The van der Waals surface area contributed by atoms with Gasteiger partial charge in [-0.25, -0.2) is 23.7 Å². The highest BCUT2D eigenvalue weighted by atomic mass is 19.1. The van der Waals surface area contributed by atoms with Crippen LogP contribution in [0, 0.1) is 11.6 Å². The van der Waals surface area contributed by atoms with E-state index >= 15 is 8.78 Å². The molecule has 1 aliphatic heterocycles. The number of amides is 1. The zero-order valence-electron chi connectivity index (χ0n) is 20.7. The topological polar surface area (TPSA) is 108 Å². The van der Waals surface area contributed by atoms with Gasteiger partial charge in [-0.05, 0) is 49.9 Å². The van der Waals surface area contributed by atoms with Crippen LogP contribution in [0.2, 0.25) is 0 Å². The lowest BCUT2D eigenvalue weighted by atomic mass is 9.96. The highest BCUT2D eigenvalue weighted by Crippen LogP contribution is 2.34. The van der Waals surface area contributed by atoms with E-state index in [0.29, 0.717) is 60.9 Å². The van der Waals surface area contributed by atoms with Gasteiger partial charge in [0.05, 0.1) is 17.5 Å². The summed E-state index contributed by atoms with van der Waals surface area (Å²) in [6.07, 6.45) is 5.85. The summed E-state index contributed by atoms with van der Waals surface area (Å²) in [5.41, 5.74) is 7.69. The number of aryl methyl sites for hydroxylation is 1. The van der Waals surface area contributed by atoms with Crippen LogP contribution in [0.1, 0.15) is 42.2 Å². The molecule has 1 aliphatic carbocycles. The molecular formula is C27H30F2N6O2. The third-order valence-corrected chi connectivity index (χ3v) is 7.38. The van der Waals surface area contributed by atoms with Crippen LogP contribution >= 0.6 is 0 Å². The lowest BCUT2D eigenvalue weighted by Gasteiger charge is -2.39. The van der Waals surface area contributed by atoms with E-state index in [1.165, 1.54) is 11.2 Å².